The van der Waals surface area contributed by atoms with Gasteiger partial charge in [-0.2, -0.15) is 0 Å². The van der Waals surface area contributed by atoms with Gasteiger partial charge in [0.25, 0.3) is 5.91 Å². The first-order chi connectivity index (χ1) is 15.8. The zero-order valence-electron chi connectivity index (χ0n) is 17.5. The van der Waals surface area contributed by atoms with Gasteiger partial charge in [0.2, 0.25) is 3.79 Å². The van der Waals surface area contributed by atoms with Gasteiger partial charge in [-0.1, -0.05) is 102 Å². The second-order valence-electron chi connectivity index (χ2n) is 7.15. The molecule has 0 bridgehead atoms. The van der Waals surface area contributed by atoms with Gasteiger partial charge in [0, 0.05) is 30.1 Å². The van der Waals surface area contributed by atoms with Crippen molar-refractivity contribution in [2.24, 2.45) is 9.98 Å². The summed E-state index contributed by atoms with van der Waals surface area (Å²) in [6, 6.07) is 28.0. The van der Waals surface area contributed by atoms with Crippen LogP contribution in [-0.4, -0.2) is 43.1 Å². The zero-order valence-corrected chi connectivity index (χ0v) is 20.6. The van der Waals surface area contributed by atoms with Crippen LogP contribution in [0.4, 0.5) is 5.69 Å². The van der Waals surface area contributed by atoms with Crippen molar-refractivity contribution in [2.45, 2.75) is 9.96 Å². The highest BCUT2D eigenvalue weighted by Gasteiger charge is 2.50. The molecule has 3 aromatic rings. The summed E-state index contributed by atoms with van der Waals surface area (Å²) in [5.74, 6) is 0.198. The first kappa shape index (κ1) is 23.6. The molecule has 5 nitrogen and oxygen atoms in total. The fourth-order valence-corrected chi connectivity index (χ4v) is 5.26. The summed E-state index contributed by atoms with van der Waals surface area (Å²) < 4.78 is -0.334. The predicted molar refractivity (Wildman–Crippen MR) is 139 cm³/mol. The van der Waals surface area contributed by atoms with Crippen molar-refractivity contribution in [1.29, 1.82) is 0 Å². The van der Waals surface area contributed by atoms with Gasteiger partial charge < -0.3 is 4.90 Å². The SMILES string of the molecule is CN1C(=NC(=Nc2ccccc2)c2ccccc2)SN(C(=O)c2ccccc2)C1C(Cl)(Cl)Cl. The number of carbonyl (C=O) groups is 1. The number of amides is 1. The van der Waals surface area contributed by atoms with E-state index in [1.165, 1.54) is 4.31 Å². The minimum absolute atomic E-state index is 0.282. The van der Waals surface area contributed by atoms with Crippen molar-refractivity contribution in [2.75, 3.05) is 7.05 Å². The van der Waals surface area contributed by atoms with Crippen LogP contribution < -0.4 is 0 Å². The number of hydrogen-bond acceptors (Lipinski definition) is 3. The lowest BCUT2D eigenvalue weighted by Crippen LogP contribution is -2.48. The van der Waals surface area contributed by atoms with E-state index in [0.717, 1.165) is 23.2 Å². The summed E-state index contributed by atoms with van der Waals surface area (Å²) in [5.41, 5.74) is 2.06. The van der Waals surface area contributed by atoms with Gasteiger partial charge in [-0.15, -0.1) is 0 Å². The number of para-hydroxylation sites is 1. The summed E-state index contributed by atoms with van der Waals surface area (Å²) >= 11 is 20.0. The van der Waals surface area contributed by atoms with Crippen molar-refractivity contribution in [3.63, 3.8) is 0 Å². The normalized spacial score (nSPS) is 18.1. The Morgan fingerprint density at radius 1 is 0.848 bits per heavy atom. The summed E-state index contributed by atoms with van der Waals surface area (Å²) in [6.07, 6.45) is -0.868. The summed E-state index contributed by atoms with van der Waals surface area (Å²) in [4.78, 5) is 24.5. The predicted octanol–water partition coefficient (Wildman–Crippen LogP) is 6.55. The number of alkyl halides is 3. The molecule has 1 amide bonds. The third-order valence-corrected chi connectivity index (χ3v) is 6.50. The van der Waals surface area contributed by atoms with Gasteiger partial charge in [0.15, 0.2) is 17.2 Å². The van der Waals surface area contributed by atoms with Crippen molar-refractivity contribution in [3.05, 3.63) is 102 Å². The number of benzene rings is 3. The molecule has 0 radical (unpaired) electrons. The van der Waals surface area contributed by atoms with Gasteiger partial charge in [0.05, 0.1) is 5.69 Å². The maximum absolute atomic E-state index is 13.3. The summed E-state index contributed by atoms with van der Waals surface area (Å²) in [6.45, 7) is 0. The monoisotopic (exact) mass is 516 g/mol. The molecule has 0 N–H and O–H groups in total. The Balaban J connectivity index is 1.76. The number of amidine groups is 2. The minimum Gasteiger partial charge on any atom is -0.328 e. The second-order valence-corrected chi connectivity index (χ2v) is 10.5. The third kappa shape index (κ3) is 5.53. The Hall–Kier alpha value is -2.51. The Labute approximate surface area is 211 Å². The van der Waals surface area contributed by atoms with Crippen LogP contribution in [-0.2, 0) is 0 Å². The first-order valence-electron chi connectivity index (χ1n) is 9.98. The van der Waals surface area contributed by atoms with Gasteiger partial charge in [-0.25, -0.2) is 14.3 Å². The van der Waals surface area contributed by atoms with E-state index in [1.807, 2.05) is 66.7 Å². The van der Waals surface area contributed by atoms with E-state index in [-0.39, 0.29) is 5.91 Å². The maximum atomic E-state index is 13.3. The van der Waals surface area contributed by atoms with Crippen molar-refractivity contribution in [3.8, 4) is 0 Å². The van der Waals surface area contributed by atoms with Crippen molar-refractivity contribution in [1.82, 2.24) is 9.21 Å². The highest BCUT2D eigenvalue weighted by molar-refractivity contribution is 8.12. The third-order valence-electron chi connectivity index (χ3n) is 4.81. The number of carbonyl (C=O) groups excluding carboxylic acids is 1. The molecule has 0 aliphatic carbocycles. The van der Waals surface area contributed by atoms with Crippen LogP contribution in [0.2, 0.25) is 0 Å². The minimum atomic E-state index is -1.77. The quantitative estimate of drug-likeness (QED) is 0.171. The molecule has 9 heteroatoms. The Bertz CT molecular complexity index is 1170. The van der Waals surface area contributed by atoms with Crippen LogP contribution in [0.25, 0.3) is 0 Å². The molecular formula is C24H19Cl3N4OS. The number of hydrogen-bond donors (Lipinski definition) is 0. The molecule has 168 valence electrons. The fourth-order valence-electron chi connectivity index (χ4n) is 3.23. The molecule has 1 saturated heterocycles. The maximum Gasteiger partial charge on any atom is 0.266 e. The van der Waals surface area contributed by atoms with E-state index < -0.39 is 9.96 Å². The van der Waals surface area contributed by atoms with Crippen LogP contribution in [0.3, 0.4) is 0 Å². The number of halogens is 3. The lowest BCUT2D eigenvalue weighted by molar-refractivity contribution is 0.0787. The Kier molecular flexibility index (Phi) is 7.29. The summed E-state index contributed by atoms with van der Waals surface area (Å²) in [5, 5.41) is 0.481. The van der Waals surface area contributed by atoms with Crippen LogP contribution >= 0.6 is 46.8 Å². The molecule has 4 rings (SSSR count). The van der Waals surface area contributed by atoms with Crippen molar-refractivity contribution >= 4 is 69.3 Å². The average molecular weight is 518 g/mol. The average Bonchev–Trinajstić information content (AvgIpc) is 3.16. The molecule has 1 fully saturated rings. The number of nitrogens with zero attached hydrogens (tertiary/aromatic N) is 4. The van der Waals surface area contributed by atoms with E-state index in [4.69, 9.17) is 44.8 Å². The smallest absolute Gasteiger partial charge is 0.266 e. The summed E-state index contributed by atoms with van der Waals surface area (Å²) in [7, 11) is 1.74. The van der Waals surface area contributed by atoms with Crippen LogP contribution in [0, 0.1) is 0 Å². The molecule has 0 aromatic heterocycles. The molecule has 0 saturated carbocycles. The van der Waals surface area contributed by atoms with E-state index in [2.05, 4.69) is 0 Å². The van der Waals surface area contributed by atoms with Gasteiger partial charge in [-0.05, 0) is 24.3 Å². The molecule has 33 heavy (non-hydrogen) atoms. The molecule has 1 atom stereocenters. The molecule has 1 unspecified atom stereocenters. The lowest BCUT2D eigenvalue weighted by atomic mass is 10.2. The molecular weight excluding hydrogens is 499 g/mol. The molecule has 1 heterocycles. The zero-order chi connectivity index (χ0) is 23.4. The fraction of sp³-hybridized carbons (Fsp3) is 0.125. The van der Waals surface area contributed by atoms with Crippen LogP contribution in [0.15, 0.2) is 101 Å². The van der Waals surface area contributed by atoms with Crippen LogP contribution in [0.1, 0.15) is 15.9 Å². The topological polar surface area (TPSA) is 48.3 Å². The van der Waals surface area contributed by atoms with E-state index in [1.54, 1.807) is 36.2 Å². The molecule has 1 aliphatic heterocycles. The van der Waals surface area contributed by atoms with Crippen molar-refractivity contribution < 1.29 is 4.79 Å². The Morgan fingerprint density at radius 2 is 1.36 bits per heavy atom. The molecule has 3 aromatic carbocycles. The first-order valence-corrected chi connectivity index (χ1v) is 11.9. The molecule has 0 spiro atoms. The Morgan fingerprint density at radius 3 is 1.91 bits per heavy atom. The lowest BCUT2D eigenvalue weighted by Gasteiger charge is -2.31. The molecule has 1 aliphatic rings. The number of rotatable bonds is 3. The highest BCUT2D eigenvalue weighted by Crippen LogP contribution is 2.44. The van der Waals surface area contributed by atoms with E-state index >= 15 is 0 Å². The number of aliphatic imine (C=N–C) groups is 2. The van der Waals surface area contributed by atoms with Gasteiger partial charge in [0.1, 0.15) is 0 Å². The second kappa shape index (κ2) is 10.2. The van der Waals surface area contributed by atoms with Crippen LogP contribution in [0.5, 0.6) is 0 Å². The van der Waals surface area contributed by atoms with E-state index in [0.29, 0.717) is 16.6 Å². The van der Waals surface area contributed by atoms with E-state index in [9.17, 15) is 4.79 Å². The largest absolute Gasteiger partial charge is 0.328 e. The highest BCUT2D eigenvalue weighted by atomic mass is 35.6. The standard InChI is InChI=1S/C24H19Cl3N4OS/c1-30-22(24(25,26)27)31(21(32)18-13-7-3-8-14-18)33-23(30)29-20(17-11-5-2-6-12-17)28-19-15-9-4-10-16-19/h2-16,22H,1H3. The van der Waals surface area contributed by atoms with Gasteiger partial charge in [-0.3, -0.25) is 4.79 Å². The van der Waals surface area contributed by atoms with Gasteiger partial charge >= 0.3 is 0 Å².